The van der Waals surface area contributed by atoms with Gasteiger partial charge in [0, 0.05) is 30.6 Å². The highest BCUT2D eigenvalue weighted by Gasteiger charge is 2.29. The SMILES string of the molecule is CC[C@H](C)C(=O)Nc1c(C(=O)OC)n(C[C@H]2CCCO2)c2ncc(N[C@H](C)CCO)cc12. The zero-order chi connectivity index (χ0) is 23.3. The van der Waals surface area contributed by atoms with Gasteiger partial charge >= 0.3 is 5.97 Å². The minimum Gasteiger partial charge on any atom is -0.464 e. The number of aliphatic hydroxyl groups excluding tert-OH is 1. The fraction of sp³-hybridized carbons (Fsp3) is 0.609. The summed E-state index contributed by atoms with van der Waals surface area (Å²) >= 11 is 0. The highest BCUT2D eigenvalue weighted by molar-refractivity contribution is 6.11. The predicted molar refractivity (Wildman–Crippen MR) is 123 cm³/mol. The molecule has 176 valence electrons. The van der Waals surface area contributed by atoms with Gasteiger partial charge in [-0.1, -0.05) is 13.8 Å². The summed E-state index contributed by atoms with van der Waals surface area (Å²) in [5.41, 5.74) is 1.99. The lowest BCUT2D eigenvalue weighted by atomic mass is 10.1. The molecule has 0 radical (unpaired) electrons. The molecule has 0 bridgehead atoms. The molecular formula is C23H34N4O5. The topological polar surface area (TPSA) is 115 Å². The van der Waals surface area contributed by atoms with Crippen LogP contribution in [0.1, 0.15) is 56.9 Å². The van der Waals surface area contributed by atoms with Crippen molar-refractivity contribution >= 4 is 34.3 Å². The number of amides is 1. The summed E-state index contributed by atoms with van der Waals surface area (Å²) in [6.07, 6.45) is 4.80. The summed E-state index contributed by atoms with van der Waals surface area (Å²) in [5.74, 6) is -0.916. The fourth-order valence-electron chi connectivity index (χ4n) is 3.89. The maximum Gasteiger partial charge on any atom is 0.356 e. The van der Waals surface area contributed by atoms with Crippen LogP contribution in [0, 0.1) is 5.92 Å². The van der Waals surface area contributed by atoms with Crippen LogP contribution < -0.4 is 10.6 Å². The first-order valence-corrected chi connectivity index (χ1v) is 11.3. The molecule has 0 aromatic carbocycles. The van der Waals surface area contributed by atoms with Crippen molar-refractivity contribution in [3.05, 3.63) is 18.0 Å². The Labute approximate surface area is 188 Å². The molecule has 3 rings (SSSR count). The van der Waals surface area contributed by atoms with E-state index in [0.717, 1.165) is 18.5 Å². The molecule has 32 heavy (non-hydrogen) atoms. The van der Waals surface area contributed by atoms with E-state index in [4.69, 9.17) is 9.47 Å². The Bertz CT molecular complexity index is 952. The van der Waals surface area contributed by atoms with Crippen LogP contribution in [0.3, 0.4) is 0 Å². The summed E-state index contributed by atoms with van der Waals surface area (Å²) in [6.45, 7) is 6.97. The number of nitrogens with zero attached hydrogens (tertiary/aromatic N) is 2. The number of hydrogen-bond acceptors (Lipinski definition) is 7. The number of esters is 1. The Balaban J connectivity index is 2.13. The van der Waals surface area contributed by atoms with E-state index in [2.05, 4.69) is 15.6 Å². The van der Waals surface area contributed by atoms with Gasteiger partial charge in [-0.05, 0) is 38.7 Å². The second-order valence-electron chi connectivity index (χ2n) is 8.41. The third kappa shape index (κ3) is 5.21. The van der Waals surface area contributed by atoms with E-state index in [9.17, 15) is 14.7 Å². The number of rotatable bonds is 10. The zero-order valence-corrected chi connectivity index (χ0v) is 19.3. The highest BCUT2D eigenvalue weighted by atomic mass is 16.5. The van der Waals surface area contributed by atoms with E-state index in [-0.39, 0.29) is 36.3 Å². The molecule has 0 aliphatic carbocycles. The second-order valence-corrected chi connectivity index (χ2v) is 8.41. The Morgan fingerprint density at radius 2 is 2.19 bits per heavy atom. The lowest BCUT2D eigenvalue weighted by molar-refractivity contribution is -0.119. The van der Waals surface area contributed by atoms with E-state index in [1.807, 2.05) is 26.8 Å². The number of aliphatic hydroxyl groups is 1. The molecule has 9 nitrogen and oxygen atoms in total. The molecule has 3 heterocycles. The monoisotopic (exact) mass is 446 g/mol. The Hall–Kier alpha value is -2.65. The first kappa shape index (κ1) is 24.0. The smallest absolute Gasteiger partial charge is 0.356 e. The van der Waals surface area contributed by atoms with Gasteiger partial charge < -0.3 is 29.8 Å². The van der Waals surface area contributed by atoms with Crippen LogP contribution in [0.5, 0.6) is 0 Å². The number of methoxy groups -OCH3 is 1. The first-order chi connectivity index (χ1) is 15.4. The molecule has 3 N–H and O–H groups in total. The number of carbonyl (C=O) groups is 2. The third-order valence-electron chi connectivity index (χ3n) is 5.97. The number of hydrogen-bond donors (Lipinski definition) is 3. The van der Waals surface area contributed by atoms with Crippen molar-refractivity contribution in [1.29, 1.82) is 0 Å². The standard InChI is InChI=1S/C23H34N4O5/c1-5-14(2)22(29)26-19-18-11-16(25-15(3)8-9-28)12-24-21(18)27(20(19)23(30)31-4)13-17-7-6-10-32-17/h11-12,14-15,17,25,28H,5-10,13H2,1-4H3,(H,26,29)/t14-,15+,17+/m0/s1. The summed E-state index contributed by atoms with van der Waals surface area (Å²) < 4.78 is 12.7. The number of aromatic nitrogens is 2. The maximum absolute atomic E-state index is 12.9. The summed E-state index contributed by atoms with van der Waals surface area (Å²) in [6, 6.07) is 1.91. The Morgan fingerprint density at radius 3 is 2.81 bits per heavy atom. The van der Waals surface area contributed by atoms with Crippen LogP contribution in [0.25, 0.3) is 11.0 Å². The molecule has 1 aliphatic heterocycles. The molecule has 1 aliphatic rings. The van der Waals surface area contributed by atoms with Crippen molar-refractivity contribution in [3.8, 4) is 0 Å². The van der Waals surface area contributed by atoms with Gasteiger partial charge in [-0.25, -0.2) is 9.78 Å². The van der Waals surface area contributed by atoms with E-state index >= 15 is 0 Å². The van der Waals surface area contributed by atoms with Gasteiger partial charge in [-0.3, -0.25) is 4.79 Å². The quantitative estimate of drug-likeness (QED) is 0.480. The number of ether oxygens (including phenoxy) is 2. The first-order valence-electron chi connectivity index (χ1n) is 11.3. The number of anilines is 2. The highest BCUT2D eigenvalue weighted by Crippen LogP contribution is 2.34. The van der Waals surface area contributed by atoms with Crippen molar-refractivity contribution in [3.63, 3.8) is 0 Å². The molecule has 9 heteroatoms. The van der Waals surface area contributed by atoms with Crippen molar-refractivity contribution < 1.29 is 24.2 Å². The number of fused-ring (bicyclic) bond motifs is 1. The molecule has 1 fully saturated rings. The molecule has 1 amide bonds. The average molecular weight is 447 g/mol. The lowest BCUT2D eigenvalue weighted by Gasteiger charge is -2.15. The molecule has 1 saturated heterocycles. The number of pyridine rings is 1. The maximum atomic E-state index is 12.9. The van der Waals surface area contributed by atoms with Gasteiger partial charge in [0.05, 0.1) is 37.3 Å². The van der Waals surface area contributed by atoms with Crippen LogP contribution in [-0.4, -0.2) is 59.0 Å². The molecule has 2 aromatic heterocycles. The summed E-state index contributed by atoms with van der Waals surface area (Å²) in [4.78, 5) is 30.3. The fourth-order valence-corrected chi connectivity index (χ4v) is 3.89. The zero-order valence-electron chi connectivity index (χ0n) is 19.3. The minimum absolute atomic E-state index is 0.0312. The Kier molecular flexibility index (Phi) is 8.09. The predicted octanol–water partition coefficient (Wildman–Crippen LogP) is 3.17. The number of nitrogens with one attached hydrogen (secondary N) is 2. The molecule has 0 saturated carbocycles. The van der Waals surface area contributed by atoms with Crippen molar-refractivity contribution in [2.24, 2.45) is 5.92 Å². The van der Waals surface area contributed by atoms with Gasteiger partial charge in [-0.2, -0.15) is 0 Å². The van der Waals surface area contributed by atoms with E-state index in [0.29, 0.717) is 42.7 Å². The van der Waals surface area contributed by atoms with E-state index in [1.165, 1.54) is 7.11 Å². The normalized spacial score (nSPS) is 17.8. The molecule has 2 aromatic rings. The van der Waals surface area contributed by atoms with Crippen LogP contribution in [-0.2, 0) is 20.8 Å². The van der Waals surface area contributed by atoms with Gasteiger partial charge in [0.1, 0.15) is 5.65 Å². The van der Waals surface area contributed by atoms with Crippen LogP contribution in [0.4, 0.5) is 11.4 Å². The minimum atomic E-state index is -0.538. The third-order valence-corrected chi connectivity index (χ3v) is 5.97. The summed E-state index contributed by atoms with van der Waals surface area (Å²) in [7, 11) is 1.33. The summed E-state index contributed by atoms with van der Waals surface area (Å²) in [5, 5.41) is 16.1. The van der Waals surface area contributed by atoms with Crippen molar-refractivity contribution in [1.82, 2.24) is 9.55 Å². The Morgan fingerprint density at radius 1 is 1.41 bits per heavy atom. The number of carbonyl (C=O) groups excluding carboxylic acids is 2. The lowest BCUT2D eigenvalue weighted by Crippen LogP contribution is -2.23. The van der Waals surface area contributed by atoms with Gasteiger partial charge in [0.2, 0.25) is 5.91 Å². The second kappa shape index (κ2) is 10.8. The van der Waals surface area contributed by atoms with E-state index in [1.54, 1.807) is 10.8 Å². The largest absolute Gasteiger partial charge is 0.464 e. The average Bonchev–Trinajstić information content (AvgIpc) is 3.39. The van der Waals surface area contributed by atoms with Gasteiger partial charge in [0.15, 0.2) is 5.69 Å². The van der Waals surface area contributed by atoms with Crippen molar-refractivity contribution in [2.45, 2.75) is 65.1 Å². The van der Waals surface area contributed by atoms with Crippen molar-refractivity contribution in [2.75, 3.05) is 31.0 Å². The molecule has 3 atom stereocenters. The molecule has 0 spiro atoms. The van der Waals surface area contributed by atoms with Gasteiger partial charge in [0.25, 0.3) is 0 Å². The van der Waals surface area contributed by atoms with Gasteiger partial charge in [-0.15, -0.1) is 0 Å². The van der Waals surface area contributed by atoms with Crippen LogP contribution in [0.15, 0.2) is 12.3 Å². The van der Waals surface area contributed by atoms with E-state index < -0.39 is 5.97 Å². The molecular weight excluding hydrogens is 412 g/mol. The van der Waals surface area contributed by atoms with Crippen LogP contribution in [0.2, 0.25) is 0 Å². The molecule has 0 unspecified atom stereocenters. The van der Waals surface area contributed by atoms with Crippen LogP contribution >= 0.6 is 0 Å².